The van der Waals surface area contributed by atoms with Gasteiger partial charge in [0.05, 0.1) is 0 Å². The number of hydrogen-bond donors (Lipinski definition) is 1. The summed E-state index contributed by atoms with van der Waals surface area (Å²) >= 11 is 0. The molecule has 8 heteroatoms. The lowest BCUT2D eigenvalue weighted by Gasteiger charge is -2.41. The smallest absolute Gasteiger partial charge is 0.381 e. The molecule has 0 radical (unpaired) electrons. The highest BCUT2D eigenvalue weighted by Crippen LogP contribution is 2.35. The van der Waals surface area contributed by atoms with Crippen LogP contribution in [0, 0.1) is 5.92 Å². The molecule has 0 saturated carbocycles. The van der Waals surface area contributed by atoms with Gasteiger partial charge in [0.1, 0.15) is 6.04 Å². The van der Waals surface area contributed by atoms with E-state index in [9.17, 15) is 13.2 Å². The maximum atomic E-state index is 13.2. The minimum absolute atomic E-state index is 0. The van der Waals surface area contributed by atoms with Gasteiger partial charge in [-0.15, -0.1) is 24.8 Å². The van der Waals surface area contributed by atoms with Crippen molar-refractivity contribution in [3.05, 3.63) is 0 Å². The molecular weight excluding hydrogens is 304 g/mol. The quantitative estimate of drug-likeness (QED) is 0.841. The Morgan fingerprint density at radius 3 is 2.05 bits per heavy atom. The van der Waals surface area contributed by atoms with E-state index in [0.717, 1.165) is 0 Å². The molecule has 2 aliphatic rings. The van der Waals surface area contributed by atoms with Crippen molar-refractivity contribution in [3.63, 3.8) is 0 Å². The number of nitrogens with one attached hydrogen (secondary N) is 1. The molecule has 3 nitrogen and oxygen atoms in total. The molecule has 1 N–H and O–H groups in total. The zero-order valence-corrected chi connectivity index (χ0v) is 12.3. The van der Waals surface area contributed by atoms with Crippen LogP contribution in [0.2, 0.25) is 0 Å². The molecular formula is C11H21Cl2F3N2O. The molecule has 19 heavy (non-hydrogen) atoms. The van der Waals surface area contributed by atoms with Crippen LogP contribution < -0.4 is 5.32 Å². The zero-order valence-electron chi connectivity index (χ0n) is 10.6. The zero-order chi connectivity index (χ0) is 12.3. The fraction of sp³-hybridized carbons (Fsp3) is 1.00. The van der Waals surface area contributed by atoms with E-state index in [2.05, 4.69) is 5.32 Å². The number of piperazine rings is 1. The van der Waals surface area contributed by atoms with Gasteiger partial charge in [0, 0.05) is 39.4 Å². The largest absolute Gasteiger partial charge is 0.404 e. The molecule has 0 amide bonds. The number of halogens is 5. The Morgan fingerprint density at radius 1 is 1.05 bits per heavy atom. The van der Waals surface area contributed by atoms with Crippen LogP contribution in [-0.2, 0) is 4.74 Å². The SMILES string of the molecule is Cl.Cl.FC(F)(F)[C@H](C1CCOCC1)N1CCNCC1. The molecule has 0 aromatic rings. The minimum Gasteiger partial charge on any atom is -0.381 e. The molecule has 0 aliphatic carbocycles. The van der Waals surface area contributed by atoms with E-state index in [1.807, 2.05) is 0 Å². The van der Waals surface area contributed by atoms with Crippen molar-refractivity contribution in [3.8, 4) is 0 Å². The van der Waals surface area contributed by atoms with E-state index in [1.54, 1.807) is 4.90 Å². The van der Waals surface area contributed by atoms with Crippen LogP contribution in [-0.4, -0.2) is 56.5 Å². The number of ether oxygens (including phenoxy) is 1. The summed E-state index contributed by atoms with van der Waals surface area (Å²) in [5.41, 5.74) is 0. The van der Waals surface area contributed by atoms with Gasteiger partial charge in [-0.3, -0.25) is 4.90 Å². The molecule has 0 aromatic heterocycles. The van der Waals surface area contributed by atoms with Crippen molar-refractivity contribution in [2.75, 3.05) is 39.4 Å². The third-order valence-electron chi connectivity index (χ3n) is 3.59. The molecule has 0 bridgehead atoms. The molecule has 1 atom stereocenters. The van der Waals surface area contributed by atoms with Gasteiger partial charge in [-0.05, 0) is 18.8 Å². The molecule has 2 heterocycles. The highest BCUT2D eigenvalue weighted by atomic mass is 35.5. The summed E-state index contributed by atoms with van der Waals surface area (Å²) in [5, 5.41) is 3.09. The van der Waals surface area contributed by atoms with E-state index in [-0.39, 0.29) is 30.7 Å². The lowest BCUT2D eigenvalue weighted by molar-refractivity contribution is -0.205. The summed E-state index contributed by atoms with van der Waals surface area (Å²) in [6.45, 7) is 3.20. The molecule has 0 spiro atoms. The lowest BCUT2D eigenvalue weighted by atomic mass is 9.89. The summed E-state index contributed by atoms with van der Waals surface area (Å²) in [6, 6.07) is -1.28. The fourth-order valence-electron chi connectivity index (χ4n) is 2.76. The van der Waals surface area contributed by atoms with Crippen LogP contribution in [0.25, 0.3) is 0 Å². The normalized spacial score (nSPS) is 24.2. The first-order valence-electron chi connectivity index (χ1n) is 6.18. The van der Waals surface area contributed by atoms with Gasteiger partial charge in [0.2, 0.25) is 0 Å². The van der Waals surface area contributed by atoms with Gasteiger partial charge < -0.3 is 10.1 Å². The second kappa shape index (κ2) is 8.52. The summed E-state index contributed by atoms with van der Waals surface area (Å²) in [7, 11) is 0. The predicted molar refractivity (Wildman–Crippen MR) is 72.3 cm³/mol. The first-order chi connectivity index (χ1) is 8.09. The topological polar surface area (TPSA) is 24.5 Å². The highest BCUT2D eigenvalue weighted by Gasteiger charge is 2.48. The first-order valence-corrected chi connectivity index (χ1v) is 6.18. The Morgan fingerprint density at radius 2 is 1.58 bits per heavy atom. The Balaban J connectivity index is 0.00000162. The summed E-state index contributed by atoms with van der Waals surface area (Å²) in [5.74, 6) is -0.304. The van der Waals surface area contributed by atoms with Crippen molar-refractivity contribution in [2.45, 2.75) is 25.1 Å². The maximum Gasteiger partial charge on any atom is 0.404 e. The summed E-state index contributed by atoms with van der Waals surface area (Å²) in [6.07, 6.45) is -3.08. The Bertz CT molecular complexity index is 227. The third-order valence-corrected chi connectivity index (χ3v) is 3.59. The second-order valence-electron chi connectivity index (χ2n) is 4.72. The number of hydrogen-bond acceptors (Lipinski definition) is 3. The van der Waals surface area contributed by atoms with Crippen LogP contribution in [0.5, 0.6) is 0 Å². The van der Waals surface area contributed by atoms with E-state index in [0.29, 0.717) is 52.2 Å². The third kappa shape index (κ3) is 5.27. The van der Waals surface area contributed by atoms with E-state index in [4.69, 9.17) is 4.74 Å². The van der Waals surface area contributed by atoms with Gasteiger partial charge in [-0.1, -0.05) is 0 Å². The molecule has 0 unspecified atom stereocenters. The second-order valence-corrected chi connectivity index (χ2v) is 4.72. The van der Waals surface area contributed by atoms with E-state index in [1.165, 1.54) is 0 Å². The van der Waals surface area contributed by atoms with Crippen molar-refractivity contribution < 1.29 is 17.9 Å². The minimum atomic E-state index is -4.13. The van der Waals surface area contributed by atoms with Gasteiger partial charge in [-0.25, -0.2) is 0 Å². The van der Waals surface area contributed by atoms with Crippen LogP contribution >= 0.6 is 24.8 Å². The van der Waals surface area contributed by atoms with Crippen LogP contribution in [0.4, 0.5) is 13.2 Å². The van der Waals surface area contributed by atoms with Crippen LogP contribution in [0.1, 0.15) is 12.8 Å². The maximum absolute atomic E-state index is 13.2. The van der Waals surface area contributed by atoms with Crippen molar-refractivity contribution in [2.24, 2.45) is 5.92 Å². The number of nitrogens with zero attached hydrogens (tertiary/aromatic N) is 1. The predicted octanol–water partition coefficient (Wildman–Crippen LogP) is 2.09. The van der Waals surface area contributed by atoms with E-state index < -0.39 is 12.2 Å². The molecule has 2 aliphatic heterocycles. The van der Waals surface area contributed by atoms with Crippen molar-refractivity contribution in [1.82, 2.24) is 10.2 Å². The fourth-order valence-corrected chi connectivity index (χ4v) is 2.76. The lowest BCUT2D eigenvalue weighted by Crippen LogP contribution is -2.57. The van der Waals surface area contributed by atoms with Crippen LogP contribution in [0.15, 0.2) is 0 Å². The summed E-state index contributed by atoms with van der Waals surface area (Å²) < 4.78 is 44.7. The Labute approximate surface area is 124 Å². The first kappa shape index (κ1) is 19.2. The van der Waals surface area contributed by atoms with Crippen LogP contribution in [0.3, 0.4) is 0 Å². The average molecular weight is 325 g/mol. The molecule has 2 rings (SSSR count). The van der Waals surface area contributed by atoms with Crippen molar-refractivity contribution in [1.29, 1.82) is 0 Å². The van der Waals surface area contributed by atoms with Crippen molar-refractivity contribution >= 4 is 24.8 Å². The number of rotatable bonds is 2. The van der Waals surface area contributed by atoms with Gasteiger partial charge in [-0.2, -0.15) is 13.2 Å². The molecule has 116 valence electrons. The standard InChI is InChI=1S/C11H19F3N2O.2ClH/c12-11(13,14)10(9-1-7-17-8-2-9)16-5-3-15-4-6-16;;/h9-10,15H,1-8H2;2*1H/t10-;;/m0../s1. The Kier molecular flexibility index (Phi) is 8.63. The van der Waals surface area contributed by atoms with E-state index >= 15 is 0 Å². The van der Waals surface area contributed by atoms with Gasteiger partial charge >= 0.3 is 6.18 Å². The highest BCUT2D eigenvalue weighted by molar-refractivity contribution is 5.85. The molecule has 2 saturated heterocycles. The molecule has 0 aromatic carbocycles. The summed E-state index contributed by atoms with van der Waals surface area (Å²) in [4.78, 5) is 1.59. The monoisotopic (exact) mass is 324 g/mol. The van der Waals surface area contributed by atoms with Gasteiger partial charge in [0.25, 0.3) is 0 Å². The van der Waals surface area contributed by atoms with Gasteiger partial charge in [0.15, 0.2) is 0 Å². The molecule has 2 fully saturated rings. The Hall–Kier alpha value is 0.250. The number of alkyl halides is 3. The average Bonchev–Trinajstić information content (AvgIpc) is 2.30.